The number of carbonyl (C=O) groups is 1. The van der Waals surface area contributed by atoms with E-state index < -0.39 is 0 Å². The smallest absolute Gasteiger partial charge is 0.260 e. The molecule has 0 spiro atoms. The van der Waals surface area contributed by atoms with E-state index in [1.807, 2.05) is 74.8 Å². The number of carbonyl (C=O) groups excluding carboxylic acids is 1. The highest BCUT2D eigenvalue weighted by molar-refractivity contribution is 7.22. The molecule has 0 saturated heterocycles. The molecule has 1 heterocycles. The molecule has 5 nitrogen and oxygen atoms in total. The predicted molar refractivity (Wildman–Crippen MR) is 133 cm³/mol. The summed E-state index contributed by atoms with van der Waals surface area (Å²) in [6.07, 6.45) is 0.855. The van der Waals surface area contributed by atoms with E-state index >= 15 is 0 Å². The highest BCUT2D eigenvalue weighted by Crippen LogP contribution is 2.34. The second-order valence-corrected chi connectivity index (χ2v) is 8.87. The molecule has 4 aromatic rings. The van der Waals surface area contributed by atoms with E-state index in [0.717, 1.165) is 40.1 Å². The Labute approximate surface area is 192 Å². The number of ether oxygens (including phenoxy) is 1. The normalized spacial score (nSPS) is 11.1. The molecule has 0 aliphatic rings. The summed E-state index contributed by atoms with van der Waals surface area (Å²) in [6.45, 7) is 1.49. The summed E-state index contributed by atoms with van der Waals surface area (Å²) in [5, 5.41) is 0.695. The third-order valence-corrected chi connectivity index (χ3v) is 6.34. The van der Waals surface area contributed by atoms with Gasteiger partial charge in [0.15, 0.2) is 5.13 Å². The van der Waals surface area contributed by atoms with Crippen LogP contribution in [0.5, 0.6) is 5.75 Å². The first-order chi connectivity index (χ1) is 15.6. The topological polar surface area (TPSA) is 45.7 Å². The van der Waals surface area contributed by atoms with Crippen molar-refractivity contribution in [2.24, 2.45) is 0 Å². The summed E-state index contributed by atoms with van der Waals surface area (Å²) in [6, 6.07) is 23.8. The van der Waals surface area contributed by atoms with Crippen molar-refractivity contribution in [3.8, 4) is 16.9 Å². The second kappa shape index (κ2) is 9.94. The van der Waals surface area contributed by atoms with Crippen molar-refractivity contribution in [2.45, 2.75) is 6.42 Å². The zero-order valence-corrected chi connectivity index (χ0v) is 19.4. The van der Waals surface area contributed by atoms with Gasteiger partial charge in [0.25, 0.3) is 5.91 Å². The lowest BCUT2D eigenvalue weighted by molar-refractivity contribution is 0.0986. The molecule has 0 N–H and O–H groups in total. The standard InChI is InChI=1S/C26H27N3O2S/c1-28(2)17-8-18-29(26-27-24-22(31-3)11-7-12-23(24)32-26)25(30)21-15-13-20(14-16-21)19-9-5-4-6-10-19/h4-7,9-16H,8,17-18H2,1-3H3. The Morgan fingerprint density at radius 2 is 1.62 bits per heavy atom. The van der Waals surface area contributed by atoms with Crippen molar-refractivity contribution in [1.82, 2.24) is 9.88 Å². The number of methoxy groups -OCH3 is 1. The van der Waals surface area contributed by atoms with E-state index in [2.05, 4.69) is 17.0 Å². The van der Waals surface area contributed by atoms with Crippen LogP contribution in [0.2, 0.25) is 0 Å². The molecule has 164 valence electrons. The van der Waals surface area contributed by atoms with Crippen molar-refractivity contribution in [3.63, 3.8) is 0 Å². The predicted octanol–water partition coefficient (Wildman–Crippen LogP) is 5.57. The minimum Gasteiger partial charge on any atom is -0.494 e. The molecule has 0 aliphatic heterocycles. The molecule has 0 aliphatic carbocycles. The van der Waals surface area contributed by atoms with Gasteiger partial charge >= 0.3 is 0 Å². The first-order valence-corrected chi connectivity index (χ1v) is 11.4. The molecule has 0 bridgehead atoms. The minimum atomic E-state index is -0.0404. The fraction of sp³-hybridized carbons (Fsp3) is 0.231. The summed E-state index contributed by atoms with van der Waals surface area (Å²) in [5.41, 5.74) is 3.67. The highest BCUT2D eigenvalue weighted by Gasteiger charge is 2.22. The van der Waals surface area contributed by atoms with Gasteiger partial charge in [0.2, 0.25) is 0 Å². The molecular formula is C26H27N3O2S. The Kier molecular flexibility index (Phi) is 6.83. The van der Waals surface area contributed by atoms with Gasteiger partial charge in [0, 0.05) is 12.1 Å². The summed E-state index contributed by atoms with van der Waals surface area (Å²) in [7, 11) is 5.72. The molecule has 32 heavy (non-hydrogen) atoms. The quantitative estimate of drug-likeness (QED) is 0.356. The van der Waals surface area contributed by atoms with Gasteiger partial charge in [-0.3, -0.25) is 9.69 Å². The Morgan fingerprint density at radius 3 is 2.31 bits per heavy atom. The van der Waals surface area contributed by atoms with Gasteiger partial charge < -0.3 is 9.64 Å². The monoisotopic (exact) mass is 445 g/mol. The number of rotatable bonds is 8. The molecule has 0 fully saturated rings. The Hall–Kier alpha value is -3.22. The fourth-order valence-corrected chi connectivity index (χ4v) is 4.62. The first kappa shape index (κ1) is 22.0. The van der Waals surface area contributed by atoms with E-state index in [9.17, 15) is 4.79 Å². The highest BCUT2D eigenvalue weighted by atomic mass is 32.1. The largest absolute Gasteiger partial charge is 0.494 e. The zero-order valence-electron chi connectivity index (χ0n) is 18.6. The average molecular weight is 446 g/mol. The van der Waals surface area contributed by atoms with Crippen LogP contribution in [0.3, 0.4) is 0 Å². The molecule has 1 aromatic heterocycles. The molecule has 0 atom stereocenters. The first-order valence-electron chi connectivity index (χ1n) is 10.6. The number of hydrogen-bond acceptors (Lipinski definition) is 5. The van der Waals surface area contributed by atoms with Gasteiger partial charge in [0.1, 0.15) is 11.3 Å². The number of amides is 1. The van der Waals surface area contributed by atoms with Crippen molar-refractivity contribution < 1.29 is 9.53 Å². The summed E-state index contributed by atoms with van der Waals surface area (Å²) in [4.78, 5) is 22.2. The van der Waals surface area contributed by atoms with Crippen LogP contribution in [0.25, 0.3) is 21.3 Å². The fourth-order valence-electron chi connectivity index (χ4n) is 3.61. The summed E-state index contributed by atoms with van der Waals surface area (Å²) in [5.74, 6) is 0.680. The second-order valence-electron chi connectivity index (χ2n) is 7.86. The van der Waals surface area contributed by atoms with Crippen LogP contribution in [0.15, 0.2) is 72.8 Å². The maximum atomic E-state index is 13.5. The van der Waals surface area contributed by atoms with Gasteiger partial charge in [-0.1, -0.05) is 59.9 Å². The van der Waals surface area contributed by atoms with Crippen LogP contribution in [-0.4, -0.2) is 50.1 Å². The zero-order chi connectivity index (χ0) is 22.5. The Bertz CT molecular complexity index is 1190. The molecule has 0 saturated carbocycles. The average Bonchev–Trinajstić information content (AvgIpc) is 3.26. The summed E-state index contributed by atoms with van der Waals surface area (Å²) < 4.78 is 6.47. The Morgan fingerprint density at radius 1 is 0.906 bits per heavy atom. The van der Waals surface area contributed by atoms with Crippen molar-refractivity contribution in [2.75, 3.05) is 39.2 Å². The van der Waals surface area contributed by atoms with Crippen LogP contribution in [-0.2, 0) is 0 Å². The maximum Gasteiger partial charge on any atom is 0.260 e. The van der Waals surface area contributed by atoms with Crippen LogP contribution in [0.1, 0.15) is 16.8 Å². The molecule has 1 amide bonds. The number of anilines is 1. The number of thiazole rings is 1. The van der Waals surface area contributed by atoms with Gasteiger partial charge in [-0.2, -0.15) is 0 Å². The lowest BCUT2D eigenvalue weighted by atomic mass is 10.0. The van der Waals surface area contributed by atoms with Gasteiger partial charge in [-0.05, 0) is 62.5 Å². The molecular weight excluding hydrogens is 418 g/mol. The van der Waals surface area contributed by atoms with Crippen molar-refractivity contribution >= 4 is 32.6 Å². The molecule has 3 aromatic carbocycles. The minimum absolute atomic E-state index is 0.0404. The van der Waals surface area contributed by atoms with E-state index in [1.54, 1.807) is 12.0 Å². The molecule has 4 rings (SSSR count). The number of benzene rings is 3. The van der Waals surface area contributed by atoms with Crippen LogP contribution >= 0.6 is 11.3 Å². The number of para-hydroxylation sites is 1. The third kappa shape index (κ3) is 4.82. The Balaban J connectivity index is 1.64. The van der Waals surface area contributed by atoms with Crippen LogP contribution in [0.4, 0.5) is 5.13 Å². The number of aromatic nitrogens is 1. The molecule has 6 heteroatoms. The van der Waals surface area contributed by atoms with Gasteiger partial charge in [-0.15, -0.1) is 0 Å². The molecule has 0 unspecified atom stereocenters. The SMILES string of the molecule is COc1cccc2sc(N(CCCN(C)C)C(=O)c3ccc(-c4ccccc4)cc3)nc12. The van der Waals surface area contributed by atoms with Crippen LogP contribution < -0.4 is 9.64 Å². The van der Waals surface area contributed by atoms with E-state index in [0.29, 0.717) is 17.2 Å². The van der Waals surface area contributed by atoms with E-state index in [1.165, 1.54) is 11.3 Å². The van der Waals surface area contributed by atoms with E-state index in [4.69, 9.17) is 9.72 Å². The lowest BCUT2D eigenvalue weighted by Gasteiger charge is -2.21. The number of nitrogens with zero attached hydrogens (tertiary/aromatic N) is 3. The molecule has 0 radical (unpaired) electrons. The summed E-state index contributed by atoms with van der Waals surface area (Å²) >= 11 is 1.52. The third-order valence-electron chi connectivity index (χ3n) is 5.29. The number of fused-ring (bicyclic) bond motifs is 1. The van der Waals surface area contributed by atoms with Gasteiger partial charge in [-0.25, -0.2) is 4.98 Å². The number of hydrogen-bond donors (Lipinski definition) is 0. The van der Waals surface area contributed by atoms with Gasteiger partial charge in [0.05, 0.1) is 11.8 Å². The maximum absolute atomic E-state index is 13.5. The lowest BCUT2D eigenvalue weighted by Crippen LogP contribution is -2.33. The van der Waals surface area contributed by atoms with Crippen LogP contribution in [0, 0.1) is 0 Å². The van der Waals surface area contributed by atoms with Crippen molar-refractivity contribution in [3.05, 3.63) is 78.4 Å². The van der Waals surface area contributed by atoms with Crippen molar-refractivity contribution in [1.29, 1.82) is 0 Å². The van der Waals surface area contributed by atoms with E-state index in [-0.39, 0.29) is 5.91 Å².